The SMILES string of the molecule is Brc1ccc2cc(-c3nc(-c4ccccc4)nc(-c4ccc(-c5ccccc5)cc4)n3)ccc2c1. The van der Waals surface area contributed by atoms with E-state index >= 15 is 0 Å². The molecule has 0 saturated carbocycles. The van der Waals surface area contributed by atoms with E-state index in [2.05, 4.69) is 101 Å². The highest BCUT2D eigenvalue weighted by molar-refractivity contribution is 9.10. The second-order valence-corrected chi connectivity index (χ2v) is 9.24. The minimum atomic E-state index is 0.657. The standard InChI is InChI=1S/C31H20BrN3/c32-28-18-17-25-19-27(16-15-26(25)20-28)31-34-29(23-9-5-2-6-10-23)33-30(35-31)24-13-11-22(12-14-24)21-7-3-1-4-8-21/h1-20H. The zero-order chi connectivity index (χ0) is 23.6. The van der Waals surface area contributed by atoms with E-state index in [-0.39, 0.29) is 0 Å². The van der Waals surface area contributed by atoms with Crippen LogP contribution in [-0.4, -0.2) is 15.0 Å². The van der Waals surface area contributed by atoms with Crippen LogP contribution in [0.4, 0.5) is 0 Å². The van der Waals surface area contributed by atoms with Gasteiger partial charge >= 0.3 is 0 Å². The monoisotopic (exact) mass is 513 g/mol. The molecule has 0 saturated heterocycles. The highest BCUT2D eigenvalue weighted by Gasteiger charge is 2.13. The van der Waals surface area contributed by atoms with E-state index in [0.29, 0.717) is 17.5 Å². The van der Waals surface area contributed by atoms with E-state index in [4.69, 9.17) is 15.0 Å². The van der Waals surface area contributed by atoms with Crippen LogP contribution in [0, 0.1) is 0 Å². The maximum Gasteiger partial charge on any atom is 0.164 e. The van der Waals surface area contributed by atoms with E-state index in [9.17, 15) is 0 Å². The molecule has 0 aliphatic heterocycles. The molecule has 0 aliphatic rings. The minimum Gasteiger partial charge on any atom is -0.208 e. The fourth-order valence-corrected chi connectivity index (χ4v) is 4.53. The molecule has 1 aromatic heterocycles. The molecule has 35 heavy (non-hydrogen) atoms. The molecule has 0 fully saturated rings. The molecule has 0 unspecified atom stereocenters. The topological polar surface area (TPSA) is 38.7 Å². The molecule has 0 radical (unpaired) electrons. The van der Waals surface area contributed by atoms with Crippen molar-refractivity contribution in [3.8, 4) is 45.3 Å². The predicted octanol–water partition coefficient (Wildman–Crippen LogP) is 8.46. The average Bonchev–Trinajstić information content (AvgIpc) is 2.93. The Morgan fingerprint density at radius 3 is 1.46 bits per heavy atom. The Hall–Kier alpha value is -4.15. The van der Waals surface area contributed by atoms with Crippen LogP contribution in [0.15, 0.2) is 126 Å². The molecule has 3 nitrogen and oxygen atoms in total. The summed E-state index contributed by atoms with van der Waals surface area (Å²) in [4.78, 5) is 14.6. The molecule has 0 aliphatic carbocycles. The summed E-state index contributed by atoms with van der Waals surface area (Å²) in [5.41, 5.74) is 5.22. The molecule has 0 amide bonds. The first-order chi connectivity index (χ1) is 17.2. The largest absolute Gasteiger partial charge is 0.208 e. The minimum absolute atomic E-state index is 0.657. The van der Waals surface area contributed by atoms with Gasteiger partial charge in [0, 0.05) is 21.2 Å². The van der Waals surface area contributed by atoms with Crippen LogP contribution in [0.5, 0.6) is 0 Å². The normalized spacial score (nSPS) is 11.0. The molecular weight excluding hydrogens is 494 g/mol. The van der Waals surface area contributed by atoms with E-state index in [0.717, 1.165) is 37.5 Å². The number of rotatable bonds is 4. The van der Waals surface area contributed by atoms with Crippen molar-refractivity contribution in [3.63, 3.8) is 0 Å². The number of aromatic nitrogens is 3. The second-order valence-electron chi connectivity index (χ2n) is 8.32. The fraction of sp³-hybridized carbons (Fsp3) is 0. The zero-order valence-electron chi connectivity index (χ0n) is 18.8. The molecule has 0 N–H and O–H groups in total. The molecule has 4 heteroatoms. The van der Waals surface area contributed by atoms with Gasteiger partial charge in [-0.25, -0.2) is 15.0 Å². The molecule has 5 aromatic carbocycles. The van der Waals surface area contributed by atoms with E-state index < -0.39 is 0 Å². The van der Waals surface area contributed by atoms with Crippen LogP contribution in [0.25, 0.3) is 56.1 Å². The Balaban J connectivity index is 1.47. The van der Waals surface area contributed by atoms with Gasteiger partial charge in [-0.05, 0) is 40.1 Å². The number of hydrogen-bond acceptors (Lipinski definition) is 3. The summed E-state index contributed by atoms with van der Waals surface area (Å²) in [6, 6.07) is 41.4. The molecule has 1 heterocycles. The summed E-state index contributed by atoms with van der Waals surface area (Å²) in [6.45, 7) is 0. The lowest BCUT2D eigenvalue weighted by atomic mass is 10.0. The van der Waals surface area contributed by atoms with Gasteiger partial charge in [0.05, 0.1) is 0 Å². The summed E-state index contributed by atoms with van der Waals surface area (Å²) >= 11 is 3.55. The lowest BCUT2D eigenvalue weighted by Crippen LogP contribution is -2.00. The number of hydrogen-bond donors (Lipinski definition) is 0. The van der Waals surface area contributed by atoms with Crippen molar-refractivity contribution in [2.24, 2.45) is 0 Å². The molecule has 0 atom stereocenters. The Kier molecular flexibility index (Phi) is 5.65. The van der Waals surface area contributed by atoms with Crippen LogP contribution in [0.3, 0.4) is 0 Å². The highest BCUT2D eigenvalue weighted by atomic mass is 79.9. The maximum atomic E-state index is 4.89. The van der Waals surface area contributed by atoms with Gasteiger partial charge in [-0.1, -0.05) is 119 Å². The van der Waals surface area contributed by atoms with Crippen molar-refractivity contribution in [1.82, 2.24) is 15.0 Å². The van der Waals surface area contributed by atoms with Crippen LogP contribution in [0.1, 0.15) is 0 Å². The second kappa shape index (κ2) is 9.24. The van der Waals surface area contributed by atoms with Crippen molar-refractivity contribution >= 4 is 26.7 Å². The summed E-state index contributed by atoms with van der Waals surface area (Å²) < 4.78 is 1.06. The summed E-state index contributed by atoms with van der Waals surface area (Å²) in [6.07, 6.45) is 0. The Morgan fingerprint density at radius 1 is 0.371 bits per heavy atom. The summed E-state index contributed by atoms with van der Waals surface area (Å²) in [5.74, 6) is 1.98. The first-order valence-corrected chi connectivity index (χ1v) is 12.2. The van der Waals surface area contributed by atoms with Crippen molar-refractivity contribution < 1.29 is 0 Å². The molecule has 0 spiro atoms. The van der Waals surface area contributed by atoms with Crippen LogP contribution in [0.2, 0.25) is 0 Å². The summed E-state index contributed by atoms with van der Waals surface area (Å²) in [7, 11) is 0. The molecule has 0 bridgehead atoms. The highest BCUT2D eigenvalue weighted by Crippen LogP contribution is 2.29. The Bertz CT molecular complexity index is 1630. The zero-order valence-corrected chi connectivity index (χ0v) is 20.4. The maximum absolute atomic E-state index is 4.89. The first-order valence-electron chi connectivity index (χ1n) is 11.4. The lowest BCUT2D eigenvalue weighted by molar-refractivity contribution is 1.07. The van der Waals surface area contributed by atoms with Gasteiger partial charge in [0.25, 0.3) is 0 Å². The van der Waals surface area contributed by atoms with Crippen LogP contribution >= 0.6 is 15.9 Å². The third-order valence-electron chi connectivity index (χ3n) is 5.98. The van der Waals surface area contributed by atoms with Crippen molar-refractivity contribution in [2.75, 3.05) is 0 Å². The molecule has 6 aromatic rings. The number of nitrogens with zero attached hydrogens (tertiary/aromatic N) is 3. The number of halogens is 1. The lowest BCUT2D eigenvalue weighted by Gasteiger charge is -2.10. The fourth-order valence-electron chi connectivity index (χ4n) is 4.15. The van der Waals surface area contributed by atoms with E-state index in [1.807, 2.05) is 36.4 Å². The van der Waals surface area contributed by atoms with Gasteiger partial charge in [0.15, 0.2) is 17.5 Å². The molecule has 166 valence electrons. The first kappa shape index (κ1) is 21.4. The smallest absolute Gasteiger partial charge is 0.164 e. The third-order valence-corrected chi connectivity index (χ3v) is 6.47. The van der Waals surface area contributed by atoms with Gasteiger partial charge in [-0.15, -0.1) is 0 Å². The van der Waals surface area contributed by atoms with Gasteiger partial charge in [-0.2, -0.15) is 0 Å². The average molecular weight is 514 g/mol. The Morgan fingerprint density at radius 2 is 0.800 bits per heavy atom. The van der Waals surface area contributed by atoms with Crippen molar-refractivity contribution in [2.45, 2.75) is 0 Å². The van der Waals surface area contributed by atoms with Crippen LogP contribution < -0.4 is 0 Å². The van der Waals surface area contributed by atoms with Gasteiger partial charge < -0.3 is 0 Å². The molecular formula is C31H20BrN3. The predicted molar refractivity (Wildman–Crippen MR) is 147 cm³/mol. The Labute approximate surface area is 212 Å². The summed E-state index contributed by atoms with van der Waals surface area (Å²) in [5, 5.41) is 2.30. The van der Waals surface area contributed by atoms with Crippen molar-refractivity contribution in [3.05, 3.63) is 126 Å². The van der Waals surface area contributed by atoms with Gasteiger partial charge in [-0.3, -0.25) is 0 Å². The van der Waals surface area contributed by atoms with Gasteiger partial charge in [0.1, 0.15) is 0 Å². The number of fused-ring (bicyclic) bond motifs is 1. The van der Waals surface area contributed by atoms with E-state index in [1.165, 1.54) is 5.56 Å². The number of benzene rings is 5. The van der Waals surface area contributed by atoms with E-state index in [1.54, 1.807) is 0 Å². The van der Waals surface area contributed by atoms with Crippen LogP contribution in [-0.2, 0) is 0 Å². The third kappa shape index (κ3) is 4.48. The molecule has 6 rings (SSSR count). The van der Waals surface area contributed by atoms with Gasteiger partial charge in [0.2, 0.25) is 0 Å². The quantitative estimate of drug-likeness (QED) is 0.237. The van der Waals surface area contributed by atoms with Crippen molar-refractivity contribution in [1.29, 1.82) is 0 Å².